The van der Waals surface area contributed by atoms with Crippen molar-refractivity contribution in [1.82, 2.24) is 15.5 Å². The van der Waals surface area contributed by atoms with Gasteiger partial charge in [-0.15, -0.1) is 10.2 Å². The lowest BCUT2D eigenvalue weighted by Crippen LogP contribution is -2.45. The van der Waals surface area contributed by atoms with Crippen molar-refractivity contribution >= 4 is 63.1 Å². The molecule has 0 saturated carbocycles. The summed E-state index contributed by atoms with van der Waals surface area (Å²) in [5.74, 6) is -0.919. The minimum atomic E-state index is -0.885. The summed E-state index contributed by atoms with van der Waals surface area (Å²) in [6, 6.07) is 20.2. The van der Waals surface area contributed by atoms with Gasteiger partial charge in [-0.05, 0) is 35.9 Å². The number of hydrogen-bond acceptors (Lipinski definition) is 5. The van der Waals surface area contributed by atoms with Crippen LogP contribution in [0.4, 0.5) is 5.13 Å². The fraction of sp³-hybridized carbons (Fsp3) is 0.0833. The molecular weight excluding hydrogens is 515 g/mol. The largest absolute Gasteiger partial charge is 0.340 e. The van der Waals surface area contributed by atoms with Crippen LogP contribution in [0.15, 0.2) is 72.8 Å². The predicted octanol–water partition coefficient (Wildman–Crippen LogP) is 6.15. The molecule has 1 heterocycles. The number of rotatable bonds is 7. The maximum absolute atomic E-state index is 13.2. The second-order valence-corrected chi connectivity index (χ2v) is 9.51. The average molecular weight is 532 g/mol. The van der Waals surface area contributed by atoms with E-state index in [-0.39, 0.29) is 17.0 Å². The van der Waals surface area contributed by atoms with Gasteiger partial charge in [0.25, 0.3) is 5.91 Å². The van der Waals surface area contributed by atoms with Crippen LogP contribution in [0.25, 0.3) is 10.6 Å². The van der Waals surface area contributed by atoms with Crippen LogP contribution in [0.2, 0.25) is 15.1 Å². The number of halogens is 3. The summed E-state index contributed by atoms with van der Waals surface area (Å²) in [5.41, 5.74) is 1.93. The maximum Gasteiger partial charge on any atom is 0.253 e. The molecule has 3 aromatic carbocycles. The van der Waals surface area contributed by atoms with Gasteiger partial charge in [-0.3, -0.25) is 14.9 Å². The fourth-order valence-electron chi connectivity index (χ4n) is 3.14. The van der Waals surface area contributed by atoms with Crippen molar-refractivity contribution in [2.24, 2.45) is 0 Å². The molecule has 34 heavy (non-hydrogen) atoms. The van der Waals surface area contributed by atoms with Gasteiger partial charge in [0.2, 0.25) is 11.0 Å². The predicted molar refractivity (Wildman–Crippen MR) is 137 cm³/mol. The van der Waals surface area contributed by atoms with E-state index in [2.05, 4.69) is 20.8 Å². The Kier molecular flexibility index (Phi) is 7.80. The van der Waals surface area contributed by atoms with Gasteiger partial charge in [0, 0.05) is 22.0 Å². The van der Waals surface area contributed by atoms with E-state index >= 15 is 0 Å². The number of benzene rings is 3. The van der Waals surface area contributed by atoms with E-state index in [1.54, 1.807) is 18.2 Å². The van der Waals surface area contributed by atoms with E-state index in [4.69, 9.17) is 34.8 Å². The number of carbonyl (C=O) groups excluding carboxylic acids is 2. The first kappa shape index (κ1) is 24.2. The number of amides is 2. The Morgan fingerprint density at radius 3 is 2.29 bits per heavy atom. The van der Waals surface area contributed by atoms with Crippen molar-refractivity contribution in [2.45, 2.75) is 12.5 Å². The second-order valence-electron chi connectivity index (χ2n) is 7.25. The van der Waals surface area contributed by atoms with Crippen molar-refractivity contribution in [3.63, 3.8) is 0 Å². The lowest BCUT2D eigenvalue weighted by molar-refractivity contribution is -0.118. The lowest BCUT2D eigenvalue weighted by atomic mass is 10.0. The third-order valence-corrected chi connectivity index (χ3v) is 6.51. The first-order chi connectivity index (χ1) is 16.4. The molecule has 0 unspecified atom stereocenters. The van der Waals surface area contributed by atoms with E-state index in [0.29, 0.717) is 20.2 Å². The van der Waals surface area contributed by atoms with Crippen LogP contribution in [0, 0.1) is 0 Å². The summed E-state index contributed by atoms with van der Waals surface area (Å²) in [7, 11) is 0. The van der Waals surface area contributed by atoms with E-state index in [9.17, 15) is 9.59 Å². The van der Waals surface area contributed by atoms with Crippen molar-refractivity contribution in [1.29, 1.82) is 0 Å². The van der Waals surface area contributed by atoms with Crippen molar-refractivity contribution in [3.8, 4) is 10.6 Å². The van der Waals surface area contributed by atoms with Crippen LogP contribution in [-0.4, -0.2) is 28.1 Å². The van der Waals surface area contributed by atoms with Crippen LogP contribution < -0.4 is 10.6 Å². The molecule has 10 heteroatoms. The van der Waals surface area contributed by atoms with Gasteiger partial charge >= 0.3 is 0 Å². The van der Waals surface area contributed by atoms with Gasteiger partial charge in [0.1, 0.15) is 11.0 Å². The van der Waals surface area contributed by atoms with Crippen molar-refractivity contribution < 1.29 is 9.59 Å². The van der Waals surface area contributed by atoms with Gasteiger partial charge in [-0.25, -0.2) is 0 Å². The van der Waals surface area contributed by atoms with E-state index in [0.717, 1.165) is 11.1 Å². The Bertz CT molecular complexity index is 1310. The van der Waals surface area contributed by atoms with E-state index < -0.39 is 17.9 Å². The van der Waals surface area contributed by atoms with Crippen molar-refractivity contribution in [3.05, 3.63) is 99.0 Å². The molecule has 0 fully saturated rings. The summed E-state index contributed by atoms with van der Waals surface area (Å²) in [4.78, 5) is 26.1. The first-order valence-corrected chi connectivity index (χ1v) is 12.0. The summed E-state index contributed by atoms with van der Waals surface area (Å²) >= 11 is 19.3. The van der Waals surface area contributed by atoms with Gasteiger partial charge in [0.15, 0.2) is 0 Å². The highest BCUT2D eigenvalue weighted by molar-refractivity contribution is 7.18. The monoisotopic (exact) mass is 530 g/mol. The lowest BCUT2D eigenvalue weighted by Gasteiger charge is -2.18. The summed E-state index contributed by atoms with van der Waals surface area (Å²) in [6.07, 6.45) is 0.270. The molecule has 2 amide bonds. The molecule has 0 saturated heterocycles. The molecule has 4 rings (SSSR count). The topological polar surface area (TPSA) is 84.0 Å². The number of nitrogens with one attached hydrogen (secondary N) is 2. The Labute approximate surface area is 214 Å². The highest BCUT2D eigenvalue weighted by Crippen LogP contribution is 2.27. The van der Waals surface area contributed by atoms with Crippen LogP contribution in [0.3, 0.4) is 0 Å². The zero-order valence-corrected chi connectivity index (χ0v) is 20.6. The molecule has 1 atom stereocenters. The molecule has 0 bridgehead atoms. The normalized spacial score (nSPS) is 11.6. The minimum Gasteiger partial charge on any atom is -0.340 e. The molecule has 172 valence electrons. The summed E-state index contributed by atoms with van der Waals surface area (Å²) in [6.45, 7) is 0. The molecule has 0 spiro atoms. The summed E-state index contributed by atoms with van der Waals surface area (Å²) < 4.78 is 0. The molecule has 1 aromatic heterocycles. The quantitative estimate of drug-likeness (QED) is 0.300. The number of anilines is 1. The molecule has 4 aromatic rings. The molecule has 0 radical (unpaired) electrons. The zero-order chi connectivity index (χ0) is 24.1. The molecule has 6 nitrogen and oxygen atoms in total. The van der Waals surface area contributed by atoms with Crippen LogP contribution >= 0.6 is 46.1 Å². The molecule has 0 aliphatic carbocycles. The number of aromatic nitrogens is 2. The fourth-order valence-corrected chi connectivity index (χ4v) is 4.52. The van der Waals surface area contributed by atoms with Crippen LogP contribution in [-0.2, 0) is 11.2 Å². The number of nitrogens with zero attached hydrogens (tertiary/aromatic N) is 2. The molecule has 2 N–H and O–H groups in total. The minimum absolute atomic E-state index is 0.195. The van der Waals surface area contributed by atoms with Gasteiger partial charge in [-0.1, -0.05) is 88.6 Å². The SMILES string of the molecule is O=C(N[C@H](Cc1ccccc1)C(=O)Nc1nnc(-c2ccc(Cl)cc2)s1)c1ccc(Cl)cc1Cl. The Morgan fingerprint density at radius 1 is 0.882 bits per heavy atom. The van der Waals surface area contributed by atoms with Crippen LogP contribution in [0.1, 0.15) is 15.9 Å². The number of carbonyl (C=O) groups is 2. The van der Waals surface area contributed by atoms with Gasteiger partial charge in [0.05, 0.1) is 10.6 Å². The zero-order valence-electron chi connectivity index (χ0n) is 17.5. The molecular formula is C24H17Cl3N4O2S. The third kappa shape index (κ3) is 6.12. The maximum atomic E-state index is 13.2. The Morgan fingerprint density at radius 2 is 1.59 bits per heavy atom. The second kappa shape index (κ2) is 11.0. The van der Waals surface area contributed by atoms with E-state index in [1.807, 2.05) is 42.5 Å². The Hall–Kier alpha value is -2.97. The third-order valence-electron chi connectivity index (χ3n) is 4.83. The van der Waals surface area contributed by atoms with E-state index in [1.165, 1.54) is 23.5 Å². The molecule has 0 aliphatic rings. The summed E-state index contributed by atoms with van der Waals surface area (Å²) in [5, 5.41) is 15.9. The average Bonchev–Trinajstić information content (AvgIpc) is 3.28. The Balaban J connectivity index is 1.53. The smallest absolute Gasteiger partial charge is 0.253 e. The van der Waals surface area contributed by atoms with Gasteiger partial charge < -0.3 is 5.32 Å². The standard InChI is InChI=1S/C24H17Cl3N4O2S/c25-16-8-6-15(7-9-16)23-30-31-24(34-23)29-22(33)20(12-14-4-2-1-3-5-14)28-21(32)18-11-10-17(26)13-19(18)27/h1-11,13,20H,12H2,(H,28,32)(H,29,31,33)/t20-/m1/s1. The molecule has 0 aliphatic heterocycles. The highest BCUT2D eigenvalue weighted by atomic mass is 35.5. The highest BCUT2D eigenvalue weighted by Gasteiger charge is 2.24. The van der Waals surface area contributed by atoms with Gasteiger partial charge in [-0.2, -0.15) is 0 Å². The van der Waals surface area contributed by atoms with Crippen LogP contribution in [0.5, 0.6) is 0 Å². The van der Waals surface area contributed by atoms with Crippen molar-refractivity contribution in [2.75, 3.05) is 5.32 Å². The first-order valence-electron chi connectivity index (χ1n) is 10.1. The number of hydrogen-bond donors (Lipinski definition) is 2.